The molecule has 0 aliphatic carbocycles. The highest BCUT2D eigenvalue weighted by Gasteiger charge is 2.47. The lowest BCUT2D eigenvalue weighted by molar-refractivity contribution is 0.100. The number of aromatic nitrogens is 1. The molecule has 3 rings (SSSR count). The van der Waals surface area contributed by atoms with Gasteiger partial charge in [0.2, 0.25) is 11.6 Å². The molecule has 0 saturated carbocycles. The van der Waals surface area contributed by atoms with E-state index in [9.17, 15) is 30.8 Å². The highest BCUT2D eigenvalue weighted by atomic mass is 32.2. The average Bonchev–Trinajstić information content (AvgIpc) is 2.75. The van der Waals surface area contributed by atoms with Gasteiger partial charge in [-0.25, -0.2) is 8.42 Å². The zero-order chi connectivity index (χ0) is 18.5. The Morgan fingerprint density at radius 1 is 1.12 bits per heavy atom. The Morgan fingerprint density at radius 3 is 2.28 bits per heavy atom. The largest absolute Gasteiger partial charge is 0.493 e. The number of pyridine rings is 1. The quantitative estimate of drug-likeness (QED) is 0.607. The molecule has 11 heteroatoms. The minimum atomic E-state index is -4.81. The average molecular weight is 376 g/mol. The Morgan fingerprint density at radius 2 is 1.72 bits per heavy atom. The molecule has 2 heterocycles. The van der Waals surface area contributed by atoms with Crippen LogP contribution in [0.5, 0.6) is 5.75 Å². The van der Waals surface area contributed by atoms with Gasteiger partial charge in [-0.1, -0.05) is 6.07 Å². The van der Waals surface area contributed by atoms with Crippen LogP contribution in [0.4, 0.5) is 23.2 Å². The predicted octanol–water partition coefficient (Wildman–Crippen LogP) is 2.39. The lowest BCUT2D eigenvalue weighted by Crippen LogP contribution is -2.32. The van der Waals surface area contributed by atoms with Crippen LogP contribution >= 0.6 is 0 Å². The first kappa shape index (κ1) is 17.1. The van der Waals surface area contributed by atoms with E-state index in [1.165, 1.54) is 12.1 Å². The minimum Gasteiger partial charge on any atom is -0.493 e. The Labute approximate surface area is 138 Å². The van der Waals surface area contributed by atoms with Crippen molar-refractivity contribution in [1.29, 1.82) is 0 Å². The summed E-state index contributed by atoms with van der Waals surface area (Å²) in [4.78, 5) is 14.2. The minimum absolute atomic E-state index is 0.0744. The highest BCUT2D eigenvalue weighted by Crippen LogP contribution is 2.41. The van der Waals surface area contributed by atoms with Gasteiger partial charge in [0, 0.05) is 0 Å². The number of sulfonamides is 1. The van der Waals surface area contributed by atoms with Gasteiger partial charge in [0.05, 0.1) is 6.61 Å². The van der Waals surface area contributed by atoms with Crippen LogP contribution in [0.1, 0.15) is 17.3 Å². The SMILES string of the molecule is CCOc1cccc2c1C(=O)N(c1c(F)c(F)nc(F)c1F)S2(=O)=O. The molecule has 1 amide bonds. The first-order chi connectivity index (χ1) is 11.7. The van der Waals surface area contributed by atoms with Crippen molar-refractivity contribution in [2.24, 2.45) is 0 Å². The summed E-state index contributed by atoms with van der Waals surface area (Å²) >= 11 is 0. The van der Waals surface area contributed by atoms with Crippen molar-refractivity contribution in [1.82, 2.24) is 4.98 Å². The maximum atomic E-state index is 13.9. The standard InChI is InChI=1S/C14H8F4N2O4S/c1-2-24-6-4-3-5-7-8(6)14(21)20(25(7,22)23)11-9(15)12(17)19-13(18)10(11)16/h3-5H,2H2,1H3. The van der Waals surface area contributed by atoms with E-state index < -0.39 is 55.6 Å². The van der Waals surface area contributed by atoms with Crippen molar-refractivity contribution in [3.05, 3.63) is 47.3 Å². The van der Waals surface area contributed by atoms with Crippen LogP contribution in [-0.4, -0.2) is 25.9 Å². The summed E-state index contributed by atoms with van der Waals surface area (Å²) in [5, 5.41) is 0. The Bertz CT molecular complexity index is 984. The number of fused-ring (bicyclic) bond motifs is 1. The van der Waals surface area contributed by atoms with Gasteiger partial charge in [0.1, 0.15) is 21.9 Å². The maximum absolute atomic E-state index is 13.9. The summed E-state index contributed by atoms with van der Waals surface area (Å²) in [5.74, 6) is -9.94. The first-order valence-corrected chi connectivity index (χ1v) is 8.21. The number of rotatable bonds is 3. The predicted molar refractivity (Wildman–Crippen MR) is 75.7 cm³/mol. The summed E-state index contributed by atoms with van der Waals surface area (Å²) in [6.45, 7) is 1.64. The van der Waals surface area contributed by atoms with Gasteiger partial charge >= 0.3 is 0 Å². The summed E-state index contributed by atoms with van der Waals surface area (Å²) in [6, 6.07) is 3.53. The van der Waals surface area contributed by atoms with Crippen LogP contribution in [0.15, 0.2) is 23.1 Å². The molecule has 0 spiro atoms. The molecule has 132 valence electrons. The Balaban J connectivity index is 2.32. The fourth-order valence-corrected chi connectivity index (χ4v) is 4.00. The molecule has 1 aromatic heterocycles. The normalized spacial score (nSPS) is 15.4. The molecule has 6 nitrogen and oxygen atoms in total. The van der Waals surface area contributed by atoms with Gasteiger partial charge in [0.25, 0.3) is 27.8 Å². The number of anilines is 1. The summed E-state index contributed by atoms with van der Waals surface area (Å²) in [7, 11) is -4.81. The molecule has 1 aromatic carbocycles. The van der Waals surface area contributed by atoms with Crippen molar-refractivity contribution < 1.29 is 35.5 Å². The van der Waals surface area contributed by atoms with E-state index in [2.05, 4.69) is 4.98 Å². The van der Waals surface area contributed by atoms with E-state index in [1.54, 1.807) is 6.92 Å². The van der Waals surface area contributed by atoms with Crippen molar-refractivity contribution >= 4 is 21.6 Å². The molecule has 0 N–H and O–H groups in total. The second-order valence-electron chi connectivity index (χ2n) is 4.81. The molecule has 0 bridgehead atoms. The van der Waals surface area contributed by atoms with Gasteiger partial charge in [0.15, 0.2) is 0 Å². The van der Waals surface area contributed by atoms with Crippen LogP contribution in [0.3, 0.4) is 0 Å². The Hall–Kier alpha value is -2.69. The number of hydrogen-bond acceptors (Lipinski definition) is 5. The lowest BCUT2D eigenvalue weighted by atomic mass is 10.2. The number of amides is 1. The summed E-state index contributed by atoms with van der Waals surface area (Å²) < 4.78 is 84.4. The molecule has 1 aliphatic heterocycles. The van der Waals surface area contributed by atoms with E-state index >= 15 is 0 Å². The third-order valence-electron chi connectivity index (χ3n) is 3.38. The monoisotopic (exact) mass is 376 g/mol. The third kappa shape index (κ3) is 2.34. The van der Waals surface area contributed by atoms with E-state index in [0.717, 1.165) is 6.07 Å². The van der Waals surface area contributed by atoms with Crippen LogP contribution < -0.4 is 9.04 Å². The number of benzene rings is 1. The third-order valence-corrected chi connectivity index (χ3v) is 5.11. The van der Waals surface area contributed by atoms with Gasteiger partial charge in [-0.15, -0.1) is 0 Å². The maximum Gasteiger partial charge on any atom is 0.277 e. The zero-order valence-electron chi connectivity index (χ0n) is 12.4. The highest BCUT2D eigenvalue weighted by molar-refractivity contribution is 7.94. The molecule has 1 aliphatic rings. The summed E-state index contributed by atoms with van der Waals surface area (Å²) in [5.41, 5.74) is -2.19. The number of ether oxygens (including phenoxy) is 1. The van der Waals surface area contributed by atoms with Gasteiger partial charge in [-0.05, 0) is 19.1 Å². The number of nitrogens with zero attached hydrogens (tertiary/aromatic N) is 2. The number of halogens is 4. The molecule has 0 fully saturated rings. The topological polar surface area (TPSA) is 76.6 Å². The fourth-order valence-electron chi connectivity index (χ4n) is 2.40. The molecule has 0 radical (unpaired) electrons. The van der Waals surface area contributed by atoms with Crippen molar-refractivity contribution in [3.63, 3.8) is 0 Å². The molecule has 2 aromatic rings. The van der Waals surface area contributed by atoms with Crippen LogP contribution in [0.25, 0.3) is 0 Å². The molecular weight excluding hydrogens is 368 g/mol. The smallest absolute Gasteiger partial charge is 0.277 e. The second-order valence-corrected chi connectivity index (χ2v) is 6.56. The lowest BCUT2D eigenvalue weighted by Gasteiger charge is -2.16. The first-order valence-electron chi connectivity index (χ1n) is 6.77. The van der Waals surface area contributed by atoms with Crippen molar-refractivity contribution in [2.45, 2.75) is 11.8 Å². The van der Waals surface area contributed by atoms with E-state index in [1.807, 2.05) is 0 Å². The Kier molecular flexibility index (Phi) is 3.90. The number of carbonyl (C=O) groups is 1. The molecule has 0 unspecified atom stereocenters. The van der Waals surface area contributed by atoms with E-state index in [-0.39, 0.29) is 16.7 Å². The van der Waals surface area contributed by atoms with E-state index in [4.69, 9.17) is 4.74 Å². The second kappa shape index (κ2) is 5.69. The summed E-state index contributed by atoms with van der Waals surface area (Å²) in [6.07, 6.45) is 0. The number of hydrogen-bond donors (Lipinski definition) is 0. The molecule has 0 atom stereocenters. The zero-order valence-corrected chi connectivity index (χ0v) is 13.2. The van der Waals surface area contributed by atoms with E-state index in [0.29, 0.717) is 0 Å². The van der Waals surface area contributed by atoms with Gasteiger partial charge in [-0.2, -0.15) is 26.9 Å². The molecule has 25 heavy (non-hydrogen) atoms. The van der Waals surface area contributed by atoms with Crippen LogP contribution in [0, 0.1) is 23.5 Å². The van der Waals surface area contributed by atoms with Crippen molar-refractivity contribution in [2.75, 3.05) is 10.9 Å². The van der Waals surface area contributed by atoms with Gasteiger partial charge in [-0.3, -0.25) is 4.79 Å². The van der Waals surface area contributed by atoms with Crippen LogP contribution in [0.2, 0.25) is 0 Å². The molecule has 0 saturated heterocycles. The molecular formula is C14H8F4N2O4S. The van der Waals surface area contributed by atoms with Crippen LogP contribution in [-0.2, 0) is 10.0 Å². The number of carbonyl (C=O) groups excluding carboxylic acids is 1. The van der Waals surface area contributed by atoms with Crippen molar-refractivity contribution in [3.8, 4) is 5.75 Å². The fraction of sp³-hybridized carbons (Fsp3) is 0.143. The van der Waals surface area contributed by atoms with Gasteiger partial charge < -0.3 is 4.74 Å².